The maximum absolute atomic E-state index is 11.0. The van der Waals surface area contributed by atoms with Crippen molar-refractivity contribution in [1.82, 2.24) is 5.32 Å². The van der Waals surface area contributed by atoms with Crippen LogP contribution in [-0.2, 0) is 9.53 Å². The van der Waals surface area contributed by atoms with Crippen molar-refractivity contribution in [3.63, 3.8) is 0 Å². The van der Waals surface area contributed by atoms with Crippen molar-refractivity contribution >= 4 is 12.0 Å². The average Bonchev–Trinajstić information content (AvgIpc) is 2.54. The second-order valence-corrected chi connectivity index (χ2v) is 2.72. The van der Waals surface area contributed by atoms with Crippen molar-refractivity contribution in [1.29, 1.82) is 0 Å². The zero-order chi connectivity index (χ0) is 9.10. The zero-order valence-electron chi connectivity index (χ0n) is 6.99. The monoisotopic (exact) mass is 175 g/mol. The van der Waals surface area contributed by atoms with Crippen LogP contribution in [0.3, 0.4) is 0 Å². The van der Waals surface area contributed by atoms with E-state index in [4.69, 9.17) is 4.74 Å². The van der Waals surface area contributed by atoms with Crippen molar-refractivity contribution in [2.24, 2.45) is 0 Å². The van der Waals surface area contributed by atoms with E-state index in [0.29, 0.717) is 5.70 Å². The fourth-order valence-corrected chi connectivity index (χ4v) is 1.16. The Hall–Kier alpha value is -1.77. The Kier molecular flexibility index (Phi) is 2.00. The Morgan fingerprint density at radius 3 is 2.69 bits per heavy atom. The molecule has 0 bridgehead atoms. The smallest absolute Gasteiger partial charge is 0.356 e. The van der Waals surface area contributed by atoms with E-state index in [-0.39, 0.29) is 12.7 Å². The summed E-state index contributed by atoms with van der Waals surface area (Å²) in [5.41, 5.74) is 1.51. The van der Waals surface area contributed by atoms with E-state index in [1.54, 1.807) is 6.08 Å². The predicted octanol–water partition coefficient (Wildman–Crippen LogP) is 1.13. The molecule has 0 aliphatic carbocycles. The van der Waals surface area contributed by atoms with Gasteiger partial charge in [-0.05, 0) is 11.6 Å². The summed E-state index contributed by atoms with van der Waals surface area (Å²) in [6.07, 6.45) is 1.77. The summed E-state index contributed by atoms with van der Waals surface area (Å²) in [4.78, 5) is 11.0. The molecule has 2 rings (SSSR count). The summed E-state index contributed by atoms with van der Waals surface area (Å²) in [5.74, 6) is -0.288. The van der Waals surface area contributed by atoms with Gasteiger partial charge in [0, 0.05) is 0 Å². The highest BCUT2D eigenvalue weighted by Crippen LogP contribution is 2.08. The minimum Gasteiger partial charge on any atom is -0.440 e. The number of carbonyl (C=O) groups is 1. The molecule has 0 atom stereocenters. The molecule has 66 valence electrons. The minimum absolute atomic E-state index is 0.275. The van der Waals surface area contributed by atoms with Crippen LogP contribution >= 0.6 is 0 Å². The van der Waals surface area contributed by atoms with Gasteiger partial charge in [-0.25, -0.2) is 4.79 Å². The molecule has 1 aliphatic heterocycles. The van der Waals surface area contributed by atoms with Crippen LogP contribution in [0.15, 0.2) is 36.0 Å². The van der Waals surface area contributed by atoms with Gasteiger partial charge in [-0.1, -0.05) is 30.3 Å². The van der Waals surface area contributed by atoms with Gasteiger partial charge in [-0.2, -0.15) is 0 Å². The molecule has 3 nitrogen and oxygen atoms in total. The average molecular weight is 175 g/mol. The molecule has 0 radical (unpaired) electrons. The third-order valence-corrected chi connectivity index (χ3v) is 1.80. The molecule has 13 heavy (non-hydrogen) atoms. The highest BCUT2D eigenvalue weighted by Gasteiger charge is 2.16. The summed E-state index contributed by atoms with van der Waals surface area (Å²) >= 11 is 0. The minimum atomic E-state index is -0.288. The zero-order valence-corrected chi connectivity index (χ0v) is 6.99. The van der Waals surface area contributed by atoms with Crippen molar-refractivity contribution < 1.29 is 9.53 Å². The number of cyclic esters (lactones) is 1. The van der Waals surface area contributed by atoms with Crippen molar-refractivity contribution in [3.8, 4) is 0 Å². The van der Waals surface area contributed by atoms with Crippen LogP contribution in [0, 0.1) is 0 Å². The number of hydrogen-bond donors (Lipinski definition) is 1. The highest BCUT2D eigenvalue weighted by molar-refractivity contribution is 5.94. The quantitative estimate of drug-likeness (QED) is 0.513. The first-order valence-corrected chi connectivity index (χ1v) is 4.04. The molecule has 0 saturated carbocycles. The van der Waals surface area contributed by atoms with Crippen LogP contribution in [-0.4, -0.2) is 12.7 Å². The Morgan fingerprint density at radius 1 is 1.31 bits per heavy atom. The normalized spacial score (nSPS) is 18.5. The first kappa shape index (κ1) is 7.86. The summed E-state index contributed by atoms with van der Waals surface area (Å²) < 4.78 is 4.72. The van der Waals surface area contributed by atoms with Crippen molar-refractivity contribution in [2.45, 2.75) is 0 Å². The van der Waals surface area contributed by atoms with E-state index < -0.39 is 0 Å². The summed E-state index contributed by atoms with van der Waals surface area (Å²) in [5, 5.41) is 2.84. The van der Waals surface area contributed by atoms with Gasteiger partial charge in [-0.3, -0.25) is 0 Å². The maximum Gasteiger partial charge on any atom is 0.356 e. The maximum atomic E-state index is 11.0. The van der Waals surface area contributed by atoms with E-state index in [1.807, 2.05) is 30.3 Å². The third kappa shape index (κ3) is 1.69. The standard InChI is InChI=1S/C10H9NO2/c12-10-9(11-7-13-10)6-8-4-2-1-3-5-8/h1-6,11H,7H2/b9-6+. The first-order valence-electron chi connectivity index (χ1n) is 4.04. The lowest BCUT2D eigenvalue weighted by atomic mass is 10.2. The van der Waals surface area contributed by atoms with Crippen molar-refractivity contribution in [2.75, 3.05) is 6.73 Å². The van der Waals surface area contributed by atoms with Gasteiger partial charge in [0.05, 0.1) is 0 Å². The van der Waals surface area contributed by atoms with E-state index in [9.17, 15) is 4.79 Å². The molecule has 1 aromatic rings. The van der Waals surface area contributed by atoms with Gasteiger partial charge in [0.25, 0.3) is 0 Å². The van der Waals surface area contributed by atoms with Crippen LogP contribution in [0.4, 0.5) is 0 Å². The molecule has 1 saturated heterocycles. The van der Waals surface area contributed by atoms with Crippen LogP contribution in [0.5, 0.6) is 0 Å². The fourth-order valence-electron chi connectivity index (χ4n) is 1.16. The molecule has 1 aromatic carbocycles. The SMILES string of the molecule is O=C1OCN/C1=C/c1ccccc1. The fraction of sp³-hybridized carbons (Fsp3) is 0.100. The highest BCUT2D eigenvalue weighted by atomic mass is 16.6. The topological polar surface area (TPSA) is 38.3 Å². The molecule has 0 amide bonds. The number of nitrogens with one attached hydrogen (secondary N) is 1. The second kappa shape index (κ2) is 3.31. The van der Waals surface area contributed by atoms with E-state index in [1.165, 1.54) is 0 Å². The Balaban J connectivity index is 2.25. The molecule has 0 aromatic heterocycles. The van der Waals surface area contributed by atoms with Gasteiger partial charge in [0.2, 0.25) is 0 Å². The molecular weight excluding hydrogens is 166 g/mol. The lowest BCUT2D eigenvalue weighted by Gasteiger charge is -1.93. The van der Waals surface area contributed by atoms with Gasteiger partial charge < -0.3 is 10.1 Å². The number of rotatable bonds is 1. The van der Waals surface area contributed by atoms with Crippen LogP contribution in [0.2, 0.25) is 0 Å². The molecular formula is C10H9NO2. The number of carbonyl (C=O) groups excluding carboxylic acids is 1. The predicted molar refractivity (Wildman–Crippen MR) is 48.5 cm³/mol. The molecule has 1 fully saturated rings. The van der Waals surface area contributed by atoms with Crippen LogP contribution < -0.4 is 5.32 Å². The van der Waals surface area contributed by atoms with E-state index in [0.717, 1.165) is 5.56 Å². The van der Waals surface area contributed by atoms with Crippen LogP contribution in [0.25, 0.3) is 6.08 Å². The molecule has 1 aliphatic rings. The number of ether oxygens (including phenoxy) is 1. The molecule has 3 heteroatoms. The van der Waals surface area contributed by atoms with Gasteiger partial charge >= 0.3 is 5.97 Å². The Labute approximate surface area is 76.0 Å². The first-order chi connectivity index (χ1) is 6.36. The number of esters is 1. The summed E-state index contributed by atoms with van der Waals surface area (Å²) in [6.45, 7) is 0.275. The summed E-state index contributed by atoms with van der Waals surface area (Å²) in [6, 6.07) is 9.64. The van der Waals surface area contributed by atoms with Gasteiger partial charge in [-0.15, -0.1) is 0 Å². The second-order valence-electron chi connectivity index (χ2n) is 2.72. The largest absolute Gasteiger partial charge is 0.440 e. The molecule has 0 unspecified atom stereocenters. The lowest BCUT2D eigenvalue weighted by Crippen LogP contribution is -2.05. The number of benzene rings is 1. The summed E-state index contributed by atoms with van der Waals surface area (Å²) in [7, 11) is 0. The molecule has 1 heterocycles. The molecule has 1 N–H and O–H groups in total. The van der Waals surface area contributed by atoms with E-state index >= 15 is 0 Å². The number of hydrogen-bond acceptors (Lipinski definition) is 3. The van der Waals surface area contributed by atoms with Gasteiger partial charge in [0.15, 0.2) is 6.73 Å². The van der Waals surface area contributed by atoms with Gasteiger partial charge in [0.1, 0.15) is 5.70 Å². The lowest BCUT2D eigenvalue weighted by molar-refractivity contribution is -0.135. The van der Waals surface area contributed by atoms with Crippen LogP contribution in [0.1, 0.15) is 5.56 Å². The third-order valence-electron chi connectivity index (χ3n) is 1.80. The molecule has 0 spiro atoms. The Bertz CT molecular complexity index is 343. The Morgan fingerprint density at radius 2 is 2.08 bits per heavy atom. The van der Waals surface area contributed by atoms with Crippen molar-refractivity contribution in [3.05, 3.63) is 41.6 Å². The van der Waals surface area contributed by atoms with E-state index in [2.05, 4.69) is 5.32 Å².